The quantitative estimate of drug-likeness (QED) is 0.773. The van der Waals surface area contributed by atoms with Crippen LogP contribution in [0.2, 0.25) is 0 Å². The number of hydrogen-bond acceptors (Lipinski definition) is 3. The molecule has 0 aromatic heterocycles. The van der Waals surface area contributed by atoms with Crippen LogP contribution in [0.1, 0.15) is 36.7 Å². The van der Waals surface area contributed by atoms with Gasteiger partial charge < -0.3 is 9.84 Å². The third-order valence-electron chi connectivity index (χ3n) is 2.20. The number of phenolic OH excluding ortho intramolecular Hbond substituents is 1. The summed E-state index contributed by atoms with van der Waals surface area (Å²) in [5.41, 5.74) is 1.41. The molecule has 1 aromatic rings. The monoisotopic (exact) mass is 208 g/mol. The first kappa shape index (κ1) is 11.6. The standard InChI is InChI=1S/C12H16O3/c1-4-9-6-10(14)7-11(15-5-2)12(9)8(3)13/h6-7,14H,4-5H2,1-3H3. The molecule has 0 amide bonds. The fourth-order valence-electron chi connectivity index (χ4n) is 1.60. The van der Waals surface area contributed by atoms with Crippen LogP contribution in [-0.2, 0) is 6.42 Å². The van der Waals surface area contributed by atoms with E-state index < -0.39 is 0 Å². The summed E-state index contributed by atoms with van der Waals surface area (Å²) in [4.78, 5) is 11.5. The topological polar surface area (TPSA) is 46.5 Å². The molecule has 0 spiro atoms. The van der Waals surface area contributed by atoms with E-state index in [4.69, 9.17) is 4.74 Å². The maximum absolute atomic E-state index is 11.5. The van der Waals surface area contributed by atoms with E-state index >= 15 is 0 Å². The van der Waals surface area contributed by atoms with E-state index in [1.165, 1.54) is 13.0 Å². The molecule has 0 heterocycles. The first-order valence-electron chi connectivity index (χ1n) is 5.09. The summed E-state index contributed by atoms with van der Waals surface area (Å²) >= 11 is 0. The van der Waals surface area contributed by atoms with Crippen LogP contribution in [0.3, 0.4) is 0 Å². The van der Waals surface area contributed by atoms with Crippen LogP contribution in [0, 0.1) is 0 Å². The number of carbonyl (C=O) groups excluding carboxylic acids is 1. The van der Waals surface area contributed by atoms with Crippen LogP contribution in [-0.4, -0.2) is 17.5 Å². The lowest BCUT2D eigenvalue weighted by molar-refractivity contribution is 0.101. The highest BCUT2D eigenvalue weighted by Crippen LogP contribution is 2.29. The average Bonchev–Trinajstić information content (AvgIpc) is 2.16. The smallest absolute Gasteiger partial charge is 0.163 e. The second-order valence-corrected chi connectivity index (χ2v) is 3.32. The van der Waals surface area contributed by atoms with E-state index in [9.17, 15) is 9.90 Å². The van der Waals surface area contributed by atoms with Crippen molar-refractivity contribution in [3.63, 3.8) is 0 Å². The van der Waals surface area contributed by atoms with Gasteiger partial charge in [-0.1, -0.05) is 6.92 Å². The molecular formula is C12H16O3. The van der Waals surface area contributed by atoms with E-state index in [1.54, 1.807) is 6.07 Å². The van der Waals surface area contributed by atoms with E-state index in [-0.39, 0.29) is 11.5 Å². The van der Waals surface area contributed by atoms with Crippen LogP contribution in [0.5, 0.6) is 11.5 Å². The number of phenols is 1. The molecule has 0 bridgehead atoms. The zero-order valence-corrected chi connectivity index (χ0v) is 9.33. The van der Waals surface area contributed by atoms with Gasteiger partial charge in [0.2, 0.25) is 0 Å². The van der Waals surface area contributed by atoms with Crippen molar-refractivity contribution in [3.05, 3.63) is 23.3 Å². The Morgan fingerprint density at radius 1 is 1.40 bits per heavy atom. The van der Waals surface area contributed by atoms with Gasteiger partial charge in [-0.2, -0.15) is 0 Å². The first-order valence-corrected chi connectivity index (χ1v) is 5.09. The van der Waals surface area contributed by atoms with E-state index in [1.807, 2.05) is 13.8 Å². The van der Waals surface area contributed by atoms with Crippen LogP contribution in [0.15, 0.2) is 12.1 Å². The van der Waals surface area contributed by atoms with Crippen molar-refractivity contribution < 1.29 is 14.6 Å². The third-order valence-corrected chi connectivity index (χ3v) is 2.20. The van der Waals surface area contributed by atoms with Gasteiger partial charge in [0.05, 0.1) is 12.2 Å². The molecule has 0 radical (unpaired) electrons. The summed E-state index contributed by atoms with van der Waals surface area (Å²) in [7, 11) is 0. The van der Waals surface area contributed by atoms with Gasteiger partial charge >= 0.3 is 0 Å². The Morgan fingerprint density at radius 2 is 2.07 bits per heavy atom. The Balaban J connectivity index is 3.33. The largest absolute Gasteiger partial charge is 0.508 e. The number of aromatic hydroxyl groups is 1. The zero-order chi connectivity index (χ0) is 11.4. The van der Waals surface area contributed by atoms with Gasteiger partial charge in [-0.25, -0.2) is 0 Å². The summed E-state index contributed by atoms with van der Waals surface area (Å²) in [5.74, 6) is 0.581. The van der Waals surface area contributed by atoms with Crippen molar-refractivity contribution in [2.24, 2.45) is 0 Å². The molecule has 82 valence electrons. The average molecular weight is 208 g/mol. The maximum Gasteiger partial charge on any atom is 0.163 e. The van der Waals surface area contributed by atoms with Crippen LogP contribution >= 0.6 is 0 Å². The minimum absolute atomic E-state index is 0.0321. The van der Waals surface area contributed by atoms with E-state index in [0.717, 1.165) is 5.56 Å². The Morgan fingerprint density at radius 3 is 2.53 bits per heavy atom. The fraction of sp³-hybridized carbons (Fsp3) is 0.417. The van der Waals surface area contributed by atoms with E-state index in [2.05, 4.69) is 0 Å². The highest BCUT2D eigenvalue weighted by molar-refractivity contribution is 5.98. The molecule has 0 atom stereocenters. The first-order chi connectivity index (χ1) is 7.10. The second kappa shape index (κ2) is 4.82. The summed E-state index contributed by atoms with van der Waals surface area (Å²) in [6.45, 7) is 5.78. The summed E-state index contributed by atoms with van der Waals surface area (Å²) in [5, 5.41) is 9.47. The Bertz CT molecular complexity index is 369. The summed E-state index contributed by atoms with van der Waals surface area (Å²) in [6, 6.07) is 3.10. The molecule has 3 heteroatoms. The number of benzene rings is 1. The van der Waals surface area contributed by atoms with Crippen molar-refractivity contribution in [2.45, 2.75) is 27.2 Å². The van der Waals surface area contributed by atoms with E-state index in [0.29, 0.717) is 24.3 Å². The number of aryl methyl sites for hydroxylation is 1. The summed E-state index contributed by atoms with van der Waals surface area (Å²) in [6.07, 6.45) is 0.698. The molecule has 0 aliphatic heterocycles. The molecule has 0 aliphatic rings. The minimum Gasteiger partial charge on any atom is -0.508 e. The zero-order valence-electron chi connectivity index (χ0n) is 9.33. The number of ketones is 1. The number of hydrogen-bond donors (Lipinski definition) is 1. The number of ether oxygens (including phenoxy) is 1. The van der Waals surface area contributed by atoms with Crippen LogP contribution in [0.4, 0.5) is 0 Å². The van der Waals surface area contributed by atoms with Gasteiger partial charge in [-0.3, -0.25) is 4.79 Å². The number of rotatable bonds is 4. The van der Waals surface area contributed by atoms with Gasteiger partial charge in [-0.15, -0.1) is 0 Å². The third kappa shape index (κ3) is 2.49. The summed E-state index contributed by atoms with van der Waals surface area (Å²) < 4.78 is 5.34. The lowest BCUT2D eigenvalue weighted by Crippen LogP contribution is -2.04. The highest BCUT2D eigenvalue weighted by atomic mass is 16.5. The Kier molecular flexibility index (Phi) is 3.72. The van der Waals surface area contributed by atoms with Crippen molar-refractivity contribution in [1.29, 1.82) is 0 Å². The molecule has 1 N–H and O–H groups in total. The SMILES string of the molecule is CCOc1cc(O)cc(CC)c1C(C)=O. The van der Waals surface area contributed by atoms with Crippen molar-refractivity contribution >= 4 is 5.78 Å². The molecule has 3 nitrogen and oxygen atoms in total. The number of carbonyl (C=O) groups is 1. The predicted molar refractivity (Wildman–Crippen MR) is 58.7 cm³/mol. The molecule has 1 aromatic carbocycles. The molecule has 0 saturated heterocycles. The Labute approximate surface area is 89.7 Å². The molecule has 0 unspecified atom stereocenters. The van der Waals surface area contributed by atoms with Gasteiger partial charge in [-0.05, 0) is 31.9 Å². The second-order valence-electron chi connectivity index (χ2n) is 3.32. The lowest BCUT2D eigenvalue weighted by atomic mass is 10.0. The molecule has 1 rings (SSSR count). The molecule has 0 aliphatic carbocycles. The van der Waals surface area contributed by atoms with Gasteiger partial charge in [0.25, 0.3) is 0 Å². The van der Waals surface area contributed by atoms with Gasteiger partial charge in [0.15, 0.2) is 5.78 Å². The van der Waals surface area contributed by atoms with Crippen LogP contribution in [0.25, 0.3) is 0 Å². The highest BCUT2D eigenvalue weighted by Gasteiger charge is 2.14. The van der Waals surface area contributed by atoms with Gasteiger partial charge in [0.1, 0.15) is 11.5 Å². The van der Waals surface area contributed by atoms with Crippen molar-refractivity contribution in [1.82, 2.24) is 0 Å². The lowest BCUT2D eigenvalue weighted by Gasteiger charge is -2.12. The Hall–Kier alpha value is -1.51. The minimum atomic E-state index is -0.0321. The normalized spacial score (nSPS) is 10.1. The molecule has 0 saturated carbocycles. The predicted octanol–water partition coefficient (Wildman–Crippen LogP) is 2.56. The van der Waals surface area contributed by atoms with Crippen molar-refractivity contribution in [2.75, 3.05) is 6.61 Å². The molecular weight excluding hydrogens is 192 g/mol. The number of Topliss-reactive ketones (excluding diaryl/α,β-unsaturated/α-hetero) is 1. The molecule has 15 heavy (non-hydrogen) atoms. The fourth-order valence-corrected chi connectivity index (χ4v) is 1.60. The maximum atomic E-state index is 11.5. The van der Waals surface area contributed by atoms with Crippen molar-refractivity contribution in [3.8, 4) is 11.5 Å². The van der Waals surface area contributed by atoms with Crippen LogP contribution < -0.4 is 4.74 Å². The molecule has 0 fully saturated rings. The van der Waals surface area contributed by atoms with Gasteiger partial charge in [0, 0.05) is 6.07 Å².